The van der Waals surface area contributed by atoms with Gasteiger partial charge in [0.1, 0.15) is 0 Å². The summed E-state index contributed by atoms with van der Waals surface area (Å²) < 4.78 is 0.216. The van der Waals surface area contributed by atoms with E-state index < -0.39 is 5.92 Å². The summed E-state index contributed by atoms with van der Waals surface area (Å²) in [6.07, 6.45) is 1.53. The average Bonchev–Trinajstić information content (AvgIpc) is 2.50. The van der Waals surface area contributed by atoms with Gasteiger partial charge in [0.2, 0.25) is 5.91 Å². The van der Waals surface area contributed by atoms with Crippen molar-refractivity contribution in [3.63, 3.8) is 0 Å². The molecule has 104 valence electrons. The van der Waals surface area contributed by atoms with Crippen molar-refractivity contribution in [2.24, 2.45) is 16.8 Å². The van der Waals surface area contributed by atoms with Crippen LogP contribution in [0.2, 0.25) is 0 Å². The third-order valence-electron chi connectivity index (χ3n) is 3.33. The van der Waals surface area contributed by atoms with Crippen LogP contribution in [-0.2, 0) is 4.79 Å². The average molecular weight is 273 g/mol. The standard InChI is InChI=1S/C12H23N3O2S/c1-4-9(10(13)14-17)11(16)15-6-5-12(2,3)18-8-7-15/h9,17H,4-8H2,1-3H3,(H2,13,14). The quantitative estimate of drug-likeness (QED) is 0.353. The molecule has 1 aliphatic heterocycles. The first kappa shape index (κ1) is 15.1. The molecular formula is C12H23N3O2S. The van der Waals surface area contributed by atoms with Gasteiger partial charge in [0.25, 0.3) is 0 Å². The number of hydrogen-bond acceptors (Lipinski definition) is 4. The maximum atomic E-state index is 12.3. The minimum absolute atomic E-state index is 0.0126. The predicted octanol–water partition coefficient (Wildman–Crippen LogP) is 1.50. The summed E-state index contributed by atoms with van der Waals surface area (Å²) in [6, 6.07) is 0. The smallest absolute Gasteiger partial charge is 0.233 e. The van der Waals surface area contributed by atoms with Gasteiger partial charge in [0.15, 0.2) is 5.84 Å². The molecule has 1 rings (SSSR count). The van der Waals surface area contributed by atoms with E-state index in [1.807, 2.05) is 23.6 Å². The lowest BCUT2D eigenvalue weighted by atomic mass is 10.0. The molecule has 1 atom stereocenters. The van der Waals surface area contributed by atoms with Crippen LogP contribution in [0.5, 0.6) is 0 Å². The summed E-state index contributed by atoms with van der Waals surface area (Å²) in [5, 5.41) is 11.7. The van der Waals surface area contributed by atoms with Crippen molar-refractivity contribution in [2.45, 2.75) is 38.4 Å². The number of thioether (sulfide) groups is 1. The number of rotatable bonds is 3. The highest BCUT2D eigenvalue weighted by molar-refractivity contribution is 8.00. The molecule has 1 amide bonds. The van der Waals surface area contributed by atoms with Crippen molar-refractivity contribution in [1.29, 1.82) is 0 Å². The Kier molecular flexibility index (Phi) is 5.31. The van der Waals surface area contributed by atoms with Crippen molar-refractivity contribution in [3.05, 3.63) is 0 Å². The zero-order valence-electron chi connectivity index (χ0n) is 11.3. The maximum Gasteiger partial charge on any atom is 0.233 e. The fourth-order valence-electron chi connectivity index (χ4n) is 2.04. The van der Waals surface area contributed by atoms with Gasteiger partial charge < -0.3 is 15.8 Å². The largest absolute Gasteiger partial charge is 0.409 e. The molecule has 0 spiro atoms. The van der Waals surface area contributed by atoms with Crippen LogP contribution in [0.1, 0.15) is 33.6 Å². The van der Waals surface area contributed by atoms with Gasteiger partial charge in [-0.05, 0) is 12.8 Å². The molecule has 1 unspecified atom stereocenters. The van der Waals surface area contributed by atoms with Gasteiger partial charge in [-0.3, -0.25) is 4.79 Å². The van der Waals surface area contributed by atoms with Gasteiger partial charge in [-0.1, -0.05) is 25.9 Å². The van der Waals surface area contributed by atoms with E-state index in [0.717, 1.165) is 25.3 Å². The van der Waals surface area contributed by atoms with Gasteiger partial charge in [-0.2, -0.15) is 11.8 Å². The van der Waals surface area contributed by atoms with E-state index in [9.17, 15) is 4.79 Å². The van der Waals surface area contributed by atoms with Crippen LogP contribution in [-0.4, -0.2) is 45.4 Å². The van der Waals surface area contributed by atoms with Crippen LogP contribution in [0.4, 0.5) is 0 Å². The Morgan fingerprint density at radius 1 is 1.56 bits per heavy atom. The topological polar surface area (TPSA) is 78.9 Å². The van der Waals surface area contributed by atoms with Crippen LogP contribution in [0.15, 0.2) is 5.16 Å². The lowest BCUT2D eigenvalue weighted by Gasteiger charge is -2.25. The van der Waals surface area contributed by atoms with Crippen LogP contribution < -0.4 is 5.73 Å². The first-order chi connectivity index (χ1) is 8.41. The number of hydrogen-bond donors (Lipinski definition) is 2. The molecule has 0 aromatic rings. The number of amides is 1. The molecule has 0 aliphatic carbocycles. The molecule has 6 heteroatoms. The zero-order chi connectivity index (χ0) is 13.8. The molecule has 18 heavy (non-hydrogen) atoms. The Hall–Kier alpha value is -0.910. The Morgan fingerprint density at radius 2 is 2.22 bits per heavy atom. The number of nitrogens with zero attached hydrogens (tertiary/aromatic N) is 2. The summed E-state index contributed by atoms with van der Waals surface area (Å²) >= 11 is 1.89. The molecule has 1 heterocycles. The van der Waals surface area contributed by atoms with E-state index in [-0.39, 0.29) is 16.5 Å². The fourth-order valence-corrected chi connectivity index (χ4v) is 3.14. The molecule has 0 aromatic carbocycles. The summed E-state index contributed by atoms with van der Waals surface area (Å²) in [4.78, 5) is 14.2. The minimum Gasteiger partial charge on any atom is -0.409 e. The van der Waals surface area contributed by atoms with Gasteiger partial charge in [0.05, 0.1) is 5.92 Å². The number of carbonyl (C=O) groups excluding carboxylic acids is 1. The first-order valence-corrected chi connectivity index (χ1v) is 7.30. The van der Waals surface area contributed by atoms with Crippen molar-refractivity contribution in [3.8, 4) is 0 Å². The summed E-state index contributed by atoms with van der Waals surface area (Å²) in [7, 11) is 0. The SMILES string of the molecule is CCC(C(=O)N1CCSC(C)(C)CC1)C(N)=NO. The number of carbonyl (C=O) groups is 1. The molecule has 0 aromatic heterocycles. The summed E-state index contributed by atoms with van der Waals surface area (Å²) in [6.45, 7) is 7.76. The maximum absolute atomic E-state index is 12.3. The number of amidine groups is 1. The number of oxime groups is 1. The molecule has 1 saturated heterocycles. The molecule has 0 radical (unpaired) electrons. The van der Waals surface area contributed by atoms with E-state index in [2.05, 4.69) is 19.0 Å². The van der Waals surface area contributed by atoms with Gasteiger partial charge in [0, 0.05) is 23.6 Å². The Morgan fingerprint density at radius 3 is 2.78 bits per heavy atom. The van der Waals surface area contributed by atoms with Crippen molar-refractivity contribution in [2.75, 3.05) is 18.8 Å². The van der Waals surface area contributed by atoms with Crippen LogP contribution in [0, 0.1) is 5.92 Å². The highest BCUT2D eigenvalue weighted by atomic mass is 32.2. The van der Waals surface area contributed by atoms with E-state index in [1.54, 1.807) is 0 Å². The number of nitrogens with two attached hydrogens (primary N) is 1. The van der Waals surface area contributed by atoms with Crippen LogP contribution in [0.3, 0.4) is 0 Å². The predicted molar refractivity (Wildman–Crippen MR) is 74.9 cm³/mol. The molecule has 1 aliphatic rings. The van der Waals surface area contributed by atoms with Crippen molar-refractivity contribution in [1.82, 2.24) is 4.90 Å². The highest BCUT2D eigenvalue weighted by Crippen LogP contribution is 2.31. The minimum atomic E-state index is -0.499. The second-order valence-electron chi connectivity index (χ2n) is 5.17. The van der Waals surface area contributed by atoms with Gasteiger partial charge in [-0.15, -0.1) is 0 Å². The zero-order valence-corrected chi connectivity index (χ0v) is 12.2. The van der Waals surface area contributed by atoms with Gasteiger partial charge in [-0.25, -0.2) is 0 Å². The van der Waals surface area contributed by atoms with Crippen molar-refractivity contribution < 1.29 is 10.0 Å². The summed E-state index contributed by atoms with van der Waals surface area (Å²) in [5.74, 6) is 0.428. The van der Waals surface area contributed by atoms with Crippen LogP contribution in [0.25, 0.3) is 0 Å². The Labute approximate surface area is 113 Å². The fraction of sp³-hybridized carbons (Fsp3) is 0.833. The third-order valence-corrected chi connectivity index (χ3v) is 4.70. The Bertz CT molecular complexity index is 331. The Balaban J connectivity index is 2.71. The van der Waals surface area contributed by atoms with E-state index in [1.165, 1.54) is 0 Å². The molecule has 0 saturated carbocycles. The normalized spacial score (nSPS) is 22.4. The molecule has 5 nitrogen and oxygen atoms in total. The second-order valence-corrected chi connectivity index (χ2v) is 6.97. The molecule has 1 fully saturated rings. The third kappa shape index (κ3) is 3.80. The lowest BCUT2D eigenvalue weighted by Crippen LogP contribution is -2.43. The van der Waals surface area contributed by atoms with E-state index in [4.69, 9.17) is 10.9 Å². The first-order valence-electron chi connectivity index (χ1n) is 6.31. The van der Waals surface area contributed by atoms with Crippen molar-refractivity contribution >= 4 is 23.5 Å². The highest BCUT2D eigenvalue weighted by Gasteiger charge is 2.30. The van der Waals surface area contributed by atoms with E-state index >= 15 is 0 Å². The summed E-state index contributed by atoms with van der Waals surface area (Å²) in [5.41, 5.74) is 5.57. The molecular weight excluding hydrogens is 250 g/mol. The van der Waals surface area contributed by atoms with E-state index in [0.29, 0.717) is 6.42 Å². The van der Waals surface area contributed by atoms with Crippen LogP contribution >= 0.6 is 11.8 Å². The molecule has 3 N–H and O–H groups in total. The molecule has 0 bridgehead atoms. The monoisotopic (exact) mass is 273 g/mol. The van der Waals surface area contributed by atoms with Gasteiger partial charge >= 0.3 is 0 Å². The second kappa shape index (κ2) is 6.31. The lowest BCUT2D eigenvalue weighted by molar-refractivity contribution is -0.133.